The topological polar surface area (TPSA) is 3.24 Å². The highest BCUT2D eigenvalue weighted by molar-refractivity contribution is 7.26. The Labute approximate surface area is 390 Å². The van der Waals surface area contributed by atoms with Crippen molar-refractivity contribution in [2.45, 2.75) is 24.7 Å². The lowest BCUT2D eigenvalue weighted by Crippen LogP contribution is -2.28. The minimum atomic E-state index is -0.554. The average Bonchev–Trinajstić information content (AvgIpc) is 3.99. The molecular formula is C64H45NS. The molecule has 1 heterocycles. The molecule has 0 atom stereocenters. The SMILES string of the molecule is CC1(C)c2ccccc2-c2ccc(-c3ccc(N(c4ccc(-c5ccccc5)cc4)c4ccc5c(c4)C(c4ccccc4)(c4ccccc4)c4ccc6c(sc7ccccc76)c4-5)cc3)cc21. The summed E-state index contributed by atoms with van der Waals surface area (Å²) < 4.78 is 2.66. The molecule has 0 radical (unpaired) electrons. The number of fused-ring (bicyclic) bond motifs is 10. The van der Waals surface area contributed by atoms with E-state index in [0.29, 0.717) is 0 Å². The lowest BCUT2D eigenvalue weighted by Gasteiger charge is -2.35. The first-order valence-electron chi connectivity index (χ1n) is 23.0. The monoisotopic (exact) mass is 859 g/mol. The number of benzene rings is 10. The van der Waals surface area contributed by atoms with Crippen molar-refractivity contribution in [3.05, 3.63) is 270 Å². The summed E-state index contributed by atoms with van der Waals surface area (Å²) in [7, 11) is 0. The van der Waals surface area contributed by atoms with Crippen LogP contribution in [0.15, 0.2) is 237 Å². The second-order valence-corrected chi connectivity index (χ2v) is 19.5. The highest BCUT2D eigenvalue weighted by atomic mass is 32.1. The quantitative estimate of drug-likeness (QED) is 0.154. The Morgan fingerprint density at radius 1 is 0.348 bits per heavy atom. The van der Waals surface area contributed by atoms with Gasteiger partial charge in [-0.2, -0.15) is 0 Å². The molecule has 2 heteroatoms. The maximum absolute atomic E-state index is 2.49. The van der Waals surface area contributed by atoms with Crippen molar-refractivity contribution in [3.63, 3.8) is 0 Å². The van der Waals surface area contributed by atoms with Gasteiger partial charge in [0.1, 0.15) is 0 Å². The van der Waals surface area contributed by atoms with Gasteiger partial charge in [-0.15, -0.1) is 11.3 Å². The van der Waals surface area contributed by atoms with Crippen molar-refractivity contribution in [2.75, 3.05) is 4.90 Å². The van der Waals surface area contributed by atoms with Gasteiger partial charge in [0.2, 0.25) is 0 Å². The average molecular weight is 860 g/mol. The summed E-state index contributed by atoms with van der Waals surface area (Å²) in [5.74, 6) is 0. The largest absolute Gasteiger partial charge is 0.310 e. The van der Waals surface area contributed by atoms with Crippen LogP contribution in [0.25, 0.3) is 64.7 Å². The molecule has 2 aliphatic carbocycles. The van der Waals surface area contributed by atoms with Gasteiger partial charge in [0, 0.05) is 48.2 Å². The van der Waals surface area contributed by atoms with Gasteiger partial charge in [-0.3, -0.25) is 0 Å². The van der Waals surface area contributed by atoms with E-state index in [1.807, 2.05) is 11.3 Å². The van der Waals surface area contributed by atoms with E-state index < -0.39 is 5.41 Å². The zero-order chi connectivity index (χ0) is 44.0. The van der Waals surface area contributed by atoms with Crippen molar-refractivity contribution in [3.8, 4) is 44.5 Å². The Bertz CT molecular complexity index is 3600. The van der Waals surface area contributed by atoms with Crippen LogP contribution >= 0.6 is 11.3 Å². The van der Waals surface area contributed by atoms with Gasteiger partial charge in [-0.1, -0.05) is 202 Å². The van der Waals surface area contributed by atoms with Crippen LogP contribution < -0.4 is 4.90 Å². The maximum atomic E-state index is 2.49. The Morgan fingerprint density at radius 2 is 0.879 bits per heavy atom. The summed E-state index contributed by atoms with van der Waals surface area (Å²) >= 11 is 1.92. The third-order valence-electron chi connectivity index (χ3n) is 14.6. The smallest absolute Gasteiger partial charge is 0.0714 e. The highest BCUT2D eigenvalue weighted by Gasteiger charge is 2.47. The van der Waals surface area contributed by atoms with Crippen molar-refractivity contribution >= 4 is 48.6 Å². The molecule has 10 aromatic carbocycles. The molecule has 0 saturated carbocycles. The van der Waals surface area contributed by atoms with Crippen LogP contribution in [0, 0.1) is 0 Å². The number of hydrogen-bond acceptors (Lipinski definition) is 2. The number of anilines is 3. The molecule has 0 bridgehead atoms. The van der Waals surface area contributed by atoms with E-state index >= 15 is 0 Å². The van der Waals surface area contributed by atoms with Gasteiger partial charge < -0.3 is 4.90 Å². The minimum absolute atomic E-state index is 0.0602. The molecule has 1 nitrogen and oxygen atoms in total. The molecule has 0 amide bonds. The second kappa shape index (κ2) is 14.9. The molecule has 312 valence electrons. The Morgan fingerprint density at radius 3 is 1.58 bits per heavy atom. The van der Waals surface area contributed by atoms with E-state index in [0.717, 1.165) is 17.1 Å². The summed E-state index contributed by atoms with van der Waals surface area (Å²) in [5.41, 5.74) is 20.8. The normalized spacial score (nSPS) is 13.8. The van der Waals surface area contributed by atoms with E-state index in [9.17, 15) is 0 Å². The molecule has 0 N–H and O–H groups in total. The zero-order valence-electron chi connectivity index (χ0n) is 36.9. The van der Waals surface area contributed by atoms with Crippen molar-refractivity contribution in [2.24, 2.45) is 0 Å². The molecule has 0 aliphatic heterocycles. The van der Waals surface area contributed by atoms with Gasteiger partial charge in [0.05, 0.1) is 5.41 Å². The van der Waals surface area contributed by atoms with Crippen LogP contribution in [0.2, 0.25) is 0 Å². The summed E-state index contributed by atoms with van der Waals surface area (Å²) in [4.78, 5) is 2.44. The first kappa shape index (κ1) is 38.7. The number of rotatable bonds is 7. The number of hydrogen-bond donors (Lipinski definition) is 0. The molecule has 13 rings (SSSR count). The van der Waals surface area contributed by atoms with Gasteiger partial charge in [0.25, 0.3) is 0 Å². The van der Waals surface area contributed by atoms with E-state index in [4.69, 9.17) is 0 Å². The van der Waals surface area contributed by atoms with Crippen molar-refractivity contribution in [1.82, 2.24) is 0 Å². The number of thiophene rings is 1. The van der Waals surface area contributed by atoms with Crippen LogP contribution in [0.1, 0.15) is 47.2 Å². The van der Waals surface area contributed by atoms with Crippen molar-refractivity contribution < 1.29 is 0 Å². The van der Waals surface area contributed by atoms with Crippen LogP contribution in [0.3, 0.4) is 0 Å². The van der Waals surface area contributed by atoms with E-state index in [1.165, 1.54) is 98.1 Å². The molecule has 0 saturated heterocycles. The van der Waals surface area contributed by atoms with E-state index in [2.05, 4.69) is 255 Å². The minimum Gasteiger partial charge on any atom is -0.310 e. The summed E-state index contributed by atoms with van der Waals surface area (Å²) in [6, 6.07) is 88.2. The molecule has 1 aromatic heterocycles. The first-order chi connectivity index (χ1) is 32.5. The second-order valence-electron chi connectivity index (χ2n) is 18.4. The molecule has 11 aromatic rings. The lowest BCUT2D eigenvalue weighted by molar-refractivity contribution is 0.660. The van der Waals surface area contributed by atoms with Crippen LogP contribution in [0.4, 0.5) is 17.1 Å². The molecular weight excluding hydrogens is 815 g/mol. The molecule has 2 aliphatic rings. The zero-order valence-corrected chi connectivity index (χ0v) is 37.7. The van der Waals surface area contributed by atoms with Gasteiger partial charge in [0.15, 0.2) is 0 Å². The van der Waals surface area contributed by atoms with E-state index in [-0.39, 0.29) is 5.41 Å². The Balaban J connectivity index is 1.01. The standard InChI is InChI=1S/C64H45NS/c1-63(2)56-24-14-12-22-51(56)52-36-30-45(40-58(52)63)44-28-33-49(34-29-44)65(48-31-26-43(27-32-48)42-16-6-3-7-17-42)50-35-37-55-59(41-50)64(46-18-8-4-9-19-46,47-20-10-5-11-21-47)57-39-38-54-53-23-13-15-25-60(53)66-62(54)61(55)57/h3-41H,1-2H3. The van der Waals surface area contributed by atoms with E-state index in [1.54, 1.807) is 0 Å². The highest BCUT2D eigenvalue weighted by Crippen LogP contribution is 2.60. The molecule has 0 spiro atoms. The predicted molar refractivity (Wildman–Crippen MR) is 280 cm³/mol. The van der Waals surface area contributed by atoms with Gasteiger partial charge in [-0.05, 0) is 121 Å². The number of nitrogens with zero attached hydrogens (tertiary/aromatic N) is 1. The summed E-state index contributed by atoms with van der Waals surface area (Å²) in [6.45, 7) is 4.71. The van der Waals surface area contributed by atoms with Crippen molar-refractivity contribution in [1.29, 1.82) is 0 Å². The van der Waals surface area contributed by atoms with Crippen LogP contribution in [-0.4, -0.2) is 0 Å². The summed E-state index contributed by atoms with van der Waals surface area (Å²) in [6.07, 6.45) is 0. The summed E-state index contributed by atoms with van der Waals surface area (Å²) in [5, 5.41) is 2.63. The molecule has 0 fully saturated rings. The Kier molecular flexibility index (Phi) is 8.72. The molecule has 66 heavy (non-hydrogen) atoms. The fraction of sp³-hybridized carbons (Fsp3) is 0.0625. The van der Waals surface area contributed by atoms with Gasteiger partial charge in [-0.25, -0.2) is 0 Å². The third-order valence-corrected chi connectivity index (χ3v) is 15.8. The van der Waals surface area contributed by atoms with Crippen LogP contribution in [-0.2, 0) is 10.8 Å². The lowest BCUT2D eigenvalue weighted by atomic mass is 9.67. The predicted octanol–water partition coefficient (Wildman–Crippen LogP) is 17.5. The molecule has 0 unspecified atom stereocenters. The first-order valence-corrected chi connectivity index (χ1v) is 23.8. The van der Waals surface area contributed by atoms with Gasteiger partial charge >= 0.3 is 0 Å². The van der Waals surface area contributed by atoms with Crippen LogP contribution in [0.5, 0.6) is 0 Å². The fourth-order valence-corrected chi connectivity index (χ4v) is 12.7. The third kappa shape index (κ3) is 5.71. The Hall–Kier alpha value is -7.78. The maximum Gasteiger partial charge on any atom is 0.0714 e. The fourth-order valence-electron chi connectivity index (χ4n) is 11.4.